The molecule has 0 aromatic carbocycles. The Balaban J connectivity index is 1.76. The van der Waals surface area contributed by atoms with Gasteiger partial charge in [-0.2, -0.15) is 0 Å². The number of piperidine rings is 1. The number of amides is 1. The highest BCUT2D eigenvalue weighted by Gasteiger charge is 2.42. The number of carbonyl (C=O) groups excluding carboxylic acids is 1. The highest BCUT2D eigenvalue weighted by Crippen LogP contribution is 2.25. The molecular formula is C12H15N3O2. The van der Waals surface area contributed by atoms with Crippen molar-refractivity contribution in [1.29, 1.82) is 0 Å². The van der Waals surface area contributed by atoms with Crippen LogP contribution >= 0.6 is 0 Å². The summed E-state index contributed by atoms with van der Waals surface area (Å²) in [5.74, 6) is 0. The summed E-state index contributed by atoms with van der Waals surface area (Å²) < 4.78 is 5.36. The van der Waals surface area contributed by atoms with Gasteiger partial charge in [0.2, 0.25) is 0 Å². The smallest absolute Gasteiger partial charge is 0.410 e. The van der Waals surface area contributed by atoms with Crippen LogP contribution in [0.2, 0.25) is 0 Å². The minimum atomic E-state index is -0.194. The van der Waals surface area contributed by atoms with E-state index in [0.29, 0.717) is 6.54 Å². The molecule has 90 valence electrons. The maximum atomic E-state index is 11.8. The molecule has 17 heavy (non-hydrogen) atoms. The Morgan fingerprint density at radius 2 is 2.29 bits per heavy atom. The second-order valence-electron chi connectivity index (χ2n) is 4.47. The summed E-state index contributed by atoms with van der Waals surface area (Å²) in [6, 6.07) is 4.08. The third kappa shape index (κ3) is 1.98. The highest BCUT2D eigenvalue weighted by molar-refractivity contribution is 5.70. The Morgan fingerprint density at radius 1 is 1.47 bits per heavy atom. The van der Waals surface area contributed by atoms with Crippen molar-refractivity contribution in [1.82, 2.24) is 15.2 Å². The van der Waals surface area contributed by atoms with Gasteiger partial charge in [-0.15, -0.1) is 0 Å². The molecule has 2 saturated heterocycles. The average Bonchev–Trinajstić information content (AvgIpc) is 2.68. The van der Waals surface area contributed by atoms with E-state index in [1.54, 1.807) is 12.4 Å². The Kier molecular flexibility index (Phi) is 2.68. The van der Waals surface area contributed by atoms with Crippen LogP contribution in [0.3, 0.4) is 0 Å². The predicted molar refractivity (Wildman–Crippen MR) is 61.3 cm³/mol. The zero-order chi connectivity index (χ0) is 11.7. The molecule has 0 spiro atoms. The molecule has 5 nitrogen and oxygen atoms in total. The molecule has 0 radical (unpaired) electrons. The third-order valence-electron chi connectivity index (χ3n) is 3.38. The number of hydrogen-bond acceptors (Lipinski definition) is 4. The lowest BCUT2D eigenvalue weighted by molar-refractivity contribution is 0.121. The van der Waals surface area contributed by atoms with Crippen LogP contribution in [0, 0.1) is 0 Å². The van der Waals surface area contributed by atoms with E-state index in [4.69, 9.17) is 4.74 Å². The molecule has 5 heteroatoms. The third-order valence-corrected chi connectivity index (χ3v) is 3.38. The second kappa shape index (κ2) is 4.33. The van der Waals surface area contributed by atoms with Crippen LogP contribution in [-0.2, 0) is 11.3 Å². The fourth-order valence-electron chi connectivity index (χ4n) is 2.49. The standard InChI is InChI=1S/C12H15N3O2/c16-12-15(8-9-1-4-13-5-2-9)10-3-6-14-7-11(10)17-12/h1-2,4-5,10-11,14H,3,6-8H2. The minimum Gasteiger partial charge on any atom is -0.443 e. The summed E-state index contributed by atoms with van der Waals surface area (Å²) in [5.41, 5.74) is 1.09. The highest BCUT2D eigenvalue weighted by atomic mass is 16.6. The maximum absolute atomic E-state index is 11.8. The molecule has 2 fully saturated rings. The van der Waals surface area contributed by atoms with Gasteiger partial charge in [-0.1, -0.05) is 0 Å². The molecule has 1 aromatic heterocycles. The van der Waals surface area contributed by atoms with Crippen molar-refractivity contribution in [3.63, 3.8) is 0 Å². The van der Waals surface area contributed by atoms with Gasteiger partial charge in [0, 0.05) is 25.5 Å². The van der Waals surface area contributed by atoms with E-state index in [-0.39, 0.29) is 18.2 Å². The van der Waals surface area contributed by atoms with Gasteiger partial charge in [0.25, 0.3) is 0 Å². The van der Waals surface area contributed by atoms with Crippen molar-refractivity contribution in [3.8, 4) is 0 Å². The molecule has 2 atom stereocenters. The molecule has 1 aromatic rings. The van der Waals surface area contributed by atoms with Crippen molar-refractivity contribution < 1.29 is 9.53 Å². The first-order valence-corrected chi connectivity index (χ1v) is 5.91. The van der Waals surface area contributed by atoms with Gasteiger partial charge in [0.15, 0.2) is 0 Å². The lowest BCUT2D eigenvalue weighted by Gasteiger charge is -2.28. The fourth-order valence-corrected chi connectivity index (χ4v) is 2.49. The number of rotatable bonds is 2. The van der Waals surface area contributed by atoms with Crippen molar-refractivity contribution in [2.24, 2.45) is 0 Å². The first-order chi connectivity index (χ1) is 8.34. The number of aromatic nitrogens is 1. The largest absolute Gasteiger partial charge is 0.443 e. The van der Waals surface area contributed by atoms with E-state index < -0.39 is 0 Å². The van der Waals surface area contributed by atoms with Crippen LogP contribution in [0.25, 0.3) is 0 Å². The molecule has 0 bridgehead atoms. The number of nitrogens with one attached hydrogen (secondary N) is 1. The summed E-state index contributed by atoms with van der Waals surface area (Å²) in [6.07, 6.45) is 4.27. The average molecular weight is 233 g/mol. The topological polar surface area (TPSA) is 54.5 Å². The monoisotopic (exact) mass is 233 g/mol. The summed E-state index contributed by atoms with van der Waals surface area (Å²) in [7, 11) is 0. The first-order valence-electron chi connectivity index (χ1n) is 5.91. The van der Waals surface area contributed by atoms with Gasteiger partial charge in [-0.25, -0.2) is 4.79 Å². The molecule has 3 rings (SSSR count). The van der Waals surface area contributed by atoms with E-state index in [1.165, 1.54) is 0 Å². The molecule has 0 aliphatic carbocycles. The van der Waals surface area contributed by atoms with Crippen LogP contribution in [0.5, 0.6) is 0 Å². The number of pyridine rings is 1. The maximum Gasteiger partial charge on any atom is 0.410 e. The van der Waals surface area contributed by atoms with Gasteiger partial charge in [-0.3, -0.25) is 9.88 Å². The molecule has 2 aliphatic rings. The molecule has 3 heterocycles. The Labute approximate surface area is 99.8 Å². The van der Waals surface area contributed by atoms with Crippen molar-refractivity contribution in [2.75, 3.05) is 13.1 Å². The van der Waals surface area contributed by atoms with E-state index in [0.717, 1.165) is 25.1 Å². The van der Waals surface area contributed by atoms with E-state index in [1.807, 2.05) is 17.0 Å². The fraction of sp³-hybridized carbons (Fsp3) is 0.500. The van der Waals surface area contributed by atoms with Crippen molar-refractivity contribution in [2.45, 2.75) is 25.1 Å². The lowest BCUT2D eigenvalue weighted by atomic mass is 10.0. The van der Waals surface area contributed by atoms with Crippen LogP contribution in [0.4, 0.5) is 4.79 Å². The molecule has 0 saturated carbocycles. The Hall–Kier alpha value is -1.62. The zero-order valence-electron chi connectivity index (χ0n) is 9.50. The summed E-state index contributed by atoms with van der Waals surface area (Å²) in [6.45, 7) is 2.33. The van der Waals surface area contributed by atoms with Gasteiger partial charge >= 0.3 is 6.09 Å². The van der Waals surface area contributed by atoms with Gasteiger partial charge < -0.3 is 10.1 Å². The van der Waals surface area contributed by atoms with E-state index in [2.05, 4.69) is 10.3 Å². The lowest BCUT2D eigenvalue weighted by Crippen LogP contribution is -2.47. The normalized spacial score (nSPS) is 27.8. The Bertz CT molecular complexity index is 409. The first kappa shape index (κ1) is 10.5. The SMILES string of the molecule is O=C1OC2CNCCC2N1Cc1ccncc1. The number of hydrogen-bond donors (Lipinski definition) is 1. The molecule has 2 aliphatic heterocycles. The van der Waals surface area contributed by atoms with Crippen molar-refractivity contribution in [3.05, 3.63) is 30.1 Å². The summed E-state index contributed by atoms with van der Waals surface area (Å²) in [5, 5.41) is 3.25. The number of ether oxygens (including phenoxy) is 1. The van der Waals surface area contributed by atoms with Crippen LogP contribution in [0.1, 0.15) is 12.0 Å². The van der Waals surface area contributed by atoms with E-state index >= 15 is 0 Å². The predicted octanol–water partition coefficient (Wildman–Crippen LogP) is 0.764. The molecular weight excluding hydrogens is 218 g/mol. The molecule has 1 N–H and O–H groups in total. The summed E-state index contributed by atoms with van der Waals surface area (Å²) >= 11 is 0. The van der Waals surface area contributed by atoms with E-state index in [9.17, 15) is 4.79 Å². The number of nitrogens with zero attached hydrogens (tertiary/aromatic N) is 2. The number of fused-ring (bicyclic) bond motifs is 1. The number of carbonyl (C=O) groups is 1. The molecule has 1 amide bonds. The van der Waals surface area contributed by atoms with Crippen LogP contribution in [0.15, 0.2) is 24.5 Å². The second-order valence-corrected chi connectivity index (χ2v) is 4.47. The molecule has 2 unspecified atom stereocenters. The Morgan fingerprint density at radius 3 is 3.12 bits per heavy atom. The zero-order valence-corrected chi connectivity index (χ0v) is 9.50. The van der Waals surface area contributed by atoms with Crippen LogP contribution in [-0.4, -0.2) is 41.2 Å². The van der Waals surface area contributed by atoms with Crippen LogP contribution < -0.4 is 5.32 Å². The summed E-state index contributed by atoms with van der Waals surface area (Å²) in [4.78, 5) is 17.6. The minimum absolute atomic E-state index is 0.0121. The van der Waals surface area contributed by atoms with Gasteiger partial charge in [0.05, 0.1) is 6.04 Å². The van der Waals surface area contributed by atoms with Gasteiger partial charge in [0.1, 0.15) is 6.10 Å². The van der Waals surface area contributed by atoms with Crippen molar-refractivity contribution >= 4 is 6.09 Å². The quantitative estimate of drug-likeness (QED) is 0.819. The van der Waals surface area contributed by atoms with Gasteiger partial charge in [-0.05, 0) is 30.7 Å².